The molecule has 0 fully saturated rings. The monoisotopic (exact) mass is 371 g/mol. The Morgan fingerprint density at radius 2 is 1.96 bits per heavy atom. The number of benzene rings is 2. The Kier molecular flexibility index (Phi) is 5.41. The third-order valence-corrected chi connectivity index (χ3v) is 5.21. The minimum absolute atomic E-state index is 0.120. The van der Waals surface area contributed by atoms with Gasteiger partial charge in [0.05, 0.1) is 19.2 Å². The predicted molar refractivity (Wildman–Crippen MR) is 104 cm³/mol. The van der Waals surface area contributed by atoms with Crippen molar-refractivity contribution in [3.63, 3.8) is 0 Å². The lowest BCUT2D eigenvalue weighted by Crippen LogP contribution is -2.30. The number of anilines is 1. The van der Waals surface area contributed by atoms with Crippen molar-refractivity contribution in [2.24, 2.45) is 0 Å². The van der Waals surface area contributed by atoms with Crippen LogP contribution in [0.25, 0.3) is 0 Å². The fraction of sp³-hybridized carbons (Fsp3) is 0.150. The van der Waals surface area contributed by atoms with Gasteiger partial charge >= 0.3 is 0 Å². The van der Waals surface area contributed by atoms with Gasteiger partial charge in [-0.15, -0.1) is 11.3 Å². The Balaban J connectivity index is 2.03. The number of rotatable bonds is 5. The van der Waals surface area contributed by atoms with Crippen LogP contribution in [0.2, 0.25) is 5.02 Å². The Hall–Kier alpha value is -2.30. The van der Waals surface area contributed by atoms with Crippen molar-refractivity contribution in [3.05, 3.63) is 81.0 Å². The fourth-order valence-electron chi connectivity index (χ4n) is 2.56. The quantitative estimate of drug-likeness (QED) is 0.587. The lowest BCUT2D eigenvalue weighted by Gasteiger charge is -2.24. The number of thiophene rings is 1. The van der Waals surface area contributed by atoms with Crippen molar-refractivity contribution in [1.82, 2.24) is 0 Å². The van der Waals surface area contributed by atoms with E-state index in [1.165, 1.54) is 0 Å². The van der Waals surface area contributed by atoms with Gasteiger partial charge in [0.2, 0.25) is 0 Å². The molecular formula is C20H18ClNO2S. The van der Waals surface area contributed by atoms with Gasteiger partial charge in [0.25, 0.3) is 5.91 Å². The van der Waals surface area contributed by atoms with Crippen LogP contribution in [-0.4, -0.2) is 13.0 Å². The molecule has 0 N–H and O–H groups in total. The van der Waals surface area contributed by atoms with Crippen molar-refractivity contribution in [2.45, 2.75) is 13.5 Å². The van der Waals surface area contributed by atoms with E-state index in [2.05, 4.69) is 0 Å². The molecule has 0 aliphatic carbocycles. The maximum Gasteiger partial charge on any atom is 0.262 e. The number of nitrogens with zero attached hydrogens (tertiary/aromatic N) is 1. The molecule has 0 radical (unpaired) electrons. The second-order valence-corrected chi connectivity index (χ2v) is 7.04. The van der Waals surface area contributed by atoms with Crippen LogP contribution in [0.1, 0.15) is 20.8 Å². The molecule has 5 heteroatoms. The van der Waals surface area contributed by atoms with Gasteiger partial charge in [-0.2, -0.15) is 0 Å². The van der Waals surface area contributed by atoms with Crippen molar-refractivity contribution < 1.29 is 9.53 Å². The van der Waals surface area contributed by atoms with Gasteiger partial charge in [-0.25, -0.2) is 0 Å². The van der Waals surface area contributed by atoms with Crippen LogP contribution in [0.4, 0.5) is 5.69 Å². The molecule has 0 atom stereocenters. The van der Waals surface area contributed by atoms with Gasteiger partial charge in [-0.05, 0) is 48.2 Å². The van der Waals surface area contributed by atoms with E-state index >= 15 is 0 Å². The number of halogens is 1. The average molecular weight is 372 g/mol. The predicted octanol–water partition coefficient (Wildman–Crippen LogP) is 5.57. The minimum atomic E-state index is -0.120. The number of aryl methyl sites for hydroxylation is 1. The zero-order valence-electron chi connectivity index (χ0n) is 14.0. The molecule has 0 aliphatic rings. The molecule has 0 unspecified atom stereocenters. The molecule has 1 heterocycles. The number of carbonyl (C=O) groups is 1. The first-order chi connectivity index (χ1) is 12.1. The zero-order chi connectivity index (χ0) is 17.8. The van der Waals surface area contributed by atoms with E-state index in [1.807, 2.05) is 54.8 Å². The highest BCUT2D eigenvalue weighted by atomic mass is 35.5. The summed E-state index contributed by atoms with van der Waals surface area (Å²) in [7, 11) is 1.57. The zero-order valence-corrected chi connectivity index (χ0v) is 15.6. The topological polar surface area (TPSA) is 29.5 Å². The van der Waals surface area contributed by atoms with E-state index < -0.39 is 0 Å². The molecule has 0 saturated carbocycles. The summed E-state index contributed by atoms with van der Waals surface area (Å²) in [4.78, 5) is 16.1. The minimum Gasteiger partial charge on any atom is -0.496 e. The molecule has 0 spiro atoms. The standard InChI is InChI=1S/C20H18ClNO2S/c1-14-9-10-15(12-18(14)21)22(13-16-6-5-11-25-16)20(23)17-7-3-4-8-19(17)24-2/h3-12H,13H2,1-2H3. The van der Waals surface area contributed by atoms with Gasteiger partial charge in [0.15, 0.2) is 0 Å². The normalized spacial score (nSPS) is 10.5. The maximum atomic E-state index is 13.3. The van der Waals surface area contributed by atoms with Crippen molar-refractivity contribution in [3.8, 4) is 5.75 Å². The first-order valence-corrected chi connectivity index (χ1v) is 9.09. The lowest BCUT2D eigenvalue weighted by molar-refractivity contribution is 0.0982. The molecule has 3 aromatic rings. The van der Waals surface area contributed by atoms with Crippen LogP contribution in [0.5, 0.6) is 5.75 Å². The molecule has 1 aromatic heterocycles. The summed E-state index contributed by atoms with van der Waals surface area (Å²) in [6.07, 6.45) is 0. The number of carbonyl (C=O) groups excluding carboxylic acids is 1. The second kappa shape index (κ2) is 7.72. The summed E-state index contributed by atoms with van der Waals surface area (Å²) >= 11 is 7.91. The first-order valence-electron chi connectivity index (χ1n) is 7.83. The molecule has 0 aliphatic heterocycles. The van der Waals surface area contributed by atoms with Crippen molar-refractivity contribution in [1.29, 1.82) is 0 Å². The molecule has 3 nitrogen and oxygen atoms in total. The lowest BCUT2D eigenvalue weighted by atomic mass is 10.1. The van der Waals surface area contributed by atoms with Gasteiger partial charge in [-0.3, -0.25) is 4.79 Å². The molecule has 128 valence electrons. The van der Waals surface area contributed by atoms with Gasteiger partial charge in [0.1, 0.15) is 5.75 Å². The Morgan fingerprint density at radius 1 is 1.16 bits per heavy atom. The highest BCUT2D eigenvalue weighted by Crippen LogP contribution is 2.29. The molecule has 1 amide bonds. The Bertz CT molecular complexity index is 877. The highest BCUT2D eigenvalue weighted by Gasteiger charge is 2.22. The van der Waals surface area contributed by atoms with Crippen LogP contribution in [0, 0.1) is 6.92 Å². The van der Waals surface area contributed by atoms with Crippen LogP contribution < -0.4 is 9.64 Å². The van der Waals surface area contributed by atoms with E-state index in [9.17, 15) is 4.79 Å². The van der Waals surface area contributed by atoms with Crippen LogP contribution in [0.3, 0.4) is 0 Å². The summed E-state index contributed by atoms with van der Waals surface area (Å²) in [5, 5.41) is 2.64. The largest absolute Gasteiger partial charge is 0.496 e. The number of methoxy groups -OCH3 is 1. The summed E-state index contributed by atoms with van der Waals surface area (Å²) in [5.41, 5.74) is 2.27. The molecule has 25 heavy (non-hydrogen) atoms. The third-order valence-electron chi connectivity index (χ3n) is 3.94. The summed E-state index contributed by atoms with van der Waals surface area (Å²) < 4.78 is 5.36. The van der Waals surface area contributed by atoms with Crippen molar-refractivity contribution >= 4 is 34.5 Å². The molecule has 2 aromatic carbocycles. The van der Waals surface area contributed by atoms with Gasteiger partial charge in [0, 0.05) is 15.6 Å². The molecule has 0 bridgehead atoms. The highest BCUT2D eigenvalue weighted by molar-refractivity contribution is 7.09. The number of hydrogen-bond donors (Lipinski definition) is 0. The van der Waals surface area contributed by atoms with E-state index in [0.717, 1.165) is 16.1 Å². The SMILES string of the molecule is COc1ccccc1C(=O)N(Cc1cccs1)c1ccc(C)c(Cl)c1. The average Bonchev–Trinajstić information content (AvgIpc) is 3.15. The van der Waals surface area contributed by atoms with E-state index in [1.54, 1.807) is 35.5 Å². The number of hydrogen-bond acceptors (Lipinski definition) is 3. The number of amides is 1. The van der Waals surface area contributed by atoms with Crippen LogP contribution in [-0.2, 0) is 6.54 Å². The summed E-state index contributed by atoms with van der Waals surface area (Å²) in [6.45, 7) is 2.42. The van der Waals surface area contributed by atoms with E-state index in [0.29, 0.717) is 22.9 Å². The van der Waals surface area contributed by atoms with Crippen LogP contribution in [0.15, 0.2) is 60.0 Å². The number of para-hydroxylation sites is 1. The third kappa shape index (κ3) is 3.86. The smallest absolute Gasteiger partial charge is 0.262 e. The fourth-order valence-corrected chi connectivity index (χ4v) is 3.42. The van der Waals surface area contributed by atoms with E-state index in [-0.39, 0.29) is 5.91 Å². The van der Waals surface area contributed by atoms with E-state index in [4.69, 9.17) is 16.3 Å². The first kappa shape index (κ1) is 17.5. The van der Waals surface area contributed by atoms with Crippen molar-refractivity contribution in [2.75, 3.05) is 12.0 Å². The second-order valence-electron chi connectivity index (χ2n) is 5.60. The van der Waals surface area contributed by atoms with Gasteiger partial charge in [-0.1, -0.05) is 35.9 Å². The van der Waals surface area contributed by atoms with Gasteiger partial charge < -0.3 is 9.64 Å². The molecule has 0 saturated heterocycles. The Morgan fingerprint density at radius 3 is 2.64 bits per heavy atom. The summed E-state index contributed by atoms with van der Waals surface area (Å²) in [6, 6.07) is 16.9. The summed E-state index contributed by atoms with van der Waals surface area (Å²) in [5.74, 6) is 0.438. The number of ether oxygens (including phenoxy) is 1. The maximum absolute atomic E-state index is 13.3. The Labute approximate surface area is 156 Å². The van der Waals surface area contributed by atoms with Crippen LogP contribution >= 0.6 is 22.9 Å². The molecular weight excluding hydrogens is 354 g/mol. The molecule has 3 rings (SSSR count).